The highest BCUT2D eigenvalue weighted by molar-refractivity contribution is 5.52. The molecular weight excluding hydrogens is 328 g/mol. The van der Waals surface area contributed by atoms with Gasteiger partial charge in [-0.25, -0.2) is 4.79 Å². The standard InChI is InChI=1S/C16H16N4O5/c1-7-10(15(23)20-19-7)11(8-5-3-4-6-9(8)25-2)12-13(21)17-16(24)18-14(12)22/h3-6,11H,1-2H3,(H2,19,20,23)(H3,17,18,21,22,24)/t11-/m1/s1. The summed E-state index contributed by atoms with van der Waals surface area (Å²) >= 11 is 0. The number of H-pyrrole nitrogens is 4. The fourth-order valence-electron chi connectivity index (χ4n) is 2.92. The fraction of sp³-hybridized carbons (Fsp3) is 0.188. The average Bonchev–Trinajstić information content (AvgIpc) is 2.89. The maximum Gasteiger partial charge on any atom is 0.393 e. The lowest BCUT2D eigenvalue weighted by Crippen LogP contribution is -2.30. The zero-order chi connectivity index (χ0) is 18.1. The Kier molecular flexibility index (Phi) is 4.05. The maximum atomic E-state index is 12.4. The third-order valence-electron chi connectivity index (χ3n) is 4.00. The molecule has 0 aliphatic carbocycles. The highest BCUT2D eigenvalue weighted by atomic mass is 16.5. The van der Waals surface area contributed by atoms with Crippen molar-refractivity contribution in [2.45, 2.75) is 12.8 Å². The summed E-state index contributed by atoms with van der Waals surface area (Å²) in [5, 5.41) is 27.9. The van der Waals surface area contributed by atoms with Crippen LogP contribution in [-0.2, 0) is 0 Å². The molecule has 2 heterocycles. The van der Waals surface area contributed by atoms with E-state index in [1.165, 1.54) is 7.11 Å². The lowest BCUT2D eigenvalue weighted by molar-refractivity contribution is -0.462. The minimum Gasteiger partial charge on any atom is -0.860 e. The van der Waals surface area contributed by atoms with Crippen LogP contribution in [0.3, 0.4) is 0 Å². The second-order valence-corrected chi connectivity index (χ2v) is 5.46. The molecule has 0 bridgehead atoms. The van der Waals surface area contributed by atoms with E-state index < -0.39 is 23.0 Å². The second kappa shape index (κ2) is 6.19. The zero-order valence-electron chi connectivity index (χ0n) is 13.5. The van der Waals surface area contributed by atoms with Crippen LogP contribution in [0.25, 0.3) is 0 Å². The Balaban J connectivity index is 2.39. The van der Waals surface area contributed by atoms with Gasteiger partial charge in [-0.2, -0.15) is 5.10 Å². The summed E-state index contributed by atoms with van der Waals surface area (Å²) in [4.78, 5) is 27.9. The van der Waals surface area contributed by atoms with Crippen LogP contribution in [0.15, 0.2) is 33.9 Å². The minimum absolute atomic E-state index is 0.224. The summed E-state index contributed by atoms with van der Waals surface area (Å²) in [6, 6.07) is 6.82. The first-order valence-electron chi connectivity index (χ1n) is 7.39. The largest absolute Gasteiger partial charge is 0.860 e. The van der Waals surface area contributed by atoms with Gasteiger partial charge in [-0.3, -0.25) is 9.78 Å². The van der Waals surface area contributed by atoms with Crippen LogP contribution in [0.5, 0.6) is 17.5 Å². The molecule has 0 unspecified atom stereocenters. The SMILES string of the molecule is COc1ccccc1[C@H](c1c(C)[nH][nH+]c1O)c1c([O-])[nH]c(=O)[nH]c1=O. The number of ether oxygens (including phenoxy) is 1. The highest BCUT2D eigenvalue weighted by Crippen LogP contribution is 2.40. The summed E-state index contributed by atoms with van der Waals surface area (Å²) < 4.78 is 5.34. The molecule has 3 aromatic rings. The molecule has 9 heteroatoms. The molecule has 25 heavy (non-hydrogen) atoms. The summed E-state index contributed by atoms with van der Waals surface area (Å²) in [7, 11) is 1.46. The first-order valence-corrected chi connectivity index (χ1v) is 7.39. The number of benzene rings is 1. The van der Waals surface area contributed by atoms with E-state index in [0.29, 0.717) is 22.6 Å². The van der Waals surface area contributed by atoms with Crippen molar-refractivity contribution in [1.82, 2.24) is 15.1 Å². The van der Waals surface area contributed by atoms with Gasteiger partial charge in [-0.15, -0.1) is 0 Å². The van der Waals surface area contributed by atoms with Crippen LogP contribution < -0.4 is 26.2 Å². The Morgan fingerprint density at radius 3 is 2.52 bits per heavy atom. The van der Waals surface area contributed by atoms with E-state index in [-0.39, 0.29) is 11.4 Å². The van der Waals surface area contributed by atoms with Crippen molar-refractivity contribution < 1.29 is 20.0 Å². The molecule has 0 saturated heterocycles. The molecule has 0 aliphatic heterocycles. The maximum absolute atomic E-state index is 12.4. The van der Waals surface area contributed by atoms with Gasteiger partial charge < -0.3 is 19.9 Å². The Hall–Kier alpha value is -3.49. The smallest absolute Gasteiger partial charge is 0.393 e. The monoisotopic (exact) mass is 344 g/mol. The topological polar surface area (TPSA) is 148 Å². The van der Waals surface area contributed by atoms with Crippen LogP contribution in [0, 0.1) is 6.92 Å². The van der Waals surface area contributed by atoms with E-state index in [1.807, 2.05) is 0 Å². The summed E-state index contributed by atoms with van der Waals surface area (Å²) in [5.41, 5.74) is -0.622. The van der Waals surface area contributed by atoms with E-state index >= 15 is 0 Å². The van der Waals surface area contributed by atoms with E-state index in [9.17, 15) is 19.8 Å². The summed E-state index contributed by atoms with van der Waals surface area (Å²) in [5.74, 6) is -1.58. The van der Waals surface area contributed by atoms with Gasteiger partial charge in [0.05, 0.1) is 18.7 Å². The lowest BCUT2D eigenvalue weighted by atomic mass is 9.85. The average molecular weight is 344 g/mol. The number of hydrogen-bond donors (Lipinski definition) is 4. The Morgan fingerprint density at radius 1 is 1.20 bits per heavy atom. The fourth-order valence-corrected chi connectivity index (χ4v) is 2.92. The Bertz CT molecular complexity index is 1010. The predicted molar refractivity (Wildman–Crippen MR) is 84.8 cm³/mol. The van der Waals surface area contributed by atoms with E-state index in [1.54, 1.807) is 31.2 Å². The third-order valence-corrected chi connectivity index (χ3v) is 4.00. The number of para-hydroxylation sites is 1. The first-order chi connectivity index (χ1) is 11.9. The van der Waals surface area contributed by atoms with Crippen LogP contribution in [0.2, 0.25) is 0 Å². The number of aryl methyl sites for hydroxylation is 1. The summed E-state index contributed by atoms with van der Waals surface area (Å²) in [6.07, 6.45) is 0. The molecule has 0 spiro atoms. The van der Waals surface area contributed by atoms with Gasteiger partial charge in [-0.1, -0.05) is 23.3 Å². The van der Waals surface area contributed by atoms with Crippen LogP contribution in [0.1, 0.15) is 28.3 Å². The van der Waals surface area contributed by atoms with Crippen LogP contribution in [0.4, 0.5) is 0 Å². The number of aromatic nitrogens is 4. The van der Waals surface area contributed by atoms with E-state index in [0.717, 1.165) is 0 Å². The van der Waals surface area contributed by atoms with Crippen molar-refractivity contribution in [3.05, 3.63) is 67.5 Å². The molecule has 0 radical (unpaired) electrons. The molecule has 0 aliphatic rings. The number of rotatable bonds is 4. The summed E-state index contributed by atoms with van der Waals surface area (Å²) in [6.45, 7) is 1.68. The van der Waals surface area contributed by atoms with Crippen molar-refractivity contribution in [3.8, 4) is 17.5 Å². The molecule has 0 fully saturated rings. The van der Waals surface area contributed by atoms with Crippen molar-refractivity contribution in [1.29, 1.82) is 0 Å². The third kappa shape index (κ3) is 2.75. The van der Waals surface area contributed by atoms with Gasteiger partial charge in [0.1, 0.15) is 11.3 Å². The molecule has 1 atom stereocenters. The van der Waals surface area contributed by atoms with Gasteiger partial charge in [0.15, 0.2) is 0 Å². The molecule has 9 nitrogen and oxygen atoms in total. The molecule has 5 N–H and O–H groups in total. The number of nitrogens with one attached hydrogen (secondary N) is 4. The molecule has 1 aromatic carbocycles. The van der Waals surface area contributed by atoms with Gasteiger partial charge in [0, 0.05) is 11.1 Å². The molecule has 3 rings (SSSR count). The Morgan fingerprint density at radius 2 is 1.92 bits per heavy atom. The number of aromatic hydroxyl groups is 1. The molecule has 0 saturated carbocycles. The molecule has 2 aromatic heterocycles. The minimum atomic E-state index is -0.952. The number of aromatic amines is 4. The predicted octanol–water partition coefficient (Wildman–Crippen LogP) is -0.518. The highest BCUT2D eigenvalue weighted by Gasteiger charge is 2.32. The van der Waals surface area contributed by atoms with Gasteiger partial charge in [0.25, 0.3) is 5.56 Å². The van der Waals surface area contributed by atoms with Gasteiger partial charge in [0.2, 0.25) is 0 Å². The molecular formula is C16H16N4O5. The lowest BCUT2D eigenvalue weighted by Gasteiger charge is -2.22. The number of methoxy groups -OCH3 is 1. The van der Waals surface area contributed by atoms with E-state index in [2.05, 4.69) is 20.2 Å². The molecule has 0 amide bonds. The number of hydrogen-bond acceptors (Lipinski definition) is 5. The second-order valence-electron chi connectivity index (χ2n) is 5.46. The van der Waals surface area contributed by atoms with Crippen molar-refractivity contribution >= 4 is 0 Å². The van der Waals surface area contributed by atoms with Crippen LogP contribution in [-0.4, -0.2) is 27.3 Å². The normalized spacial score (nSPS) is 12.1. The molecule has 130 valence electrons. The first kappa shape index (κ1) is 16.4. The van der Waals surface area contributed by atoms with Gasteiger partial charge >= 0.3 is 11.6 Å². The Labute approximate surface area is 141 Å². The van der Waals surface area contributed by atoms with Crippen molar-refractivity contribution in [2.75, 3.05) is 7.11 Å². The van der Waals surface area contributed by atoms with E-state index in [4.69, 9.17) is 4.74 Å². The zero-order valence-corrected chi connectivity index (χ0v) is 13.5. The quantitative estimate of drug-likeness (QED) is 0.503. The van der Waals surface area contributed by atoms with Crippen molar-refractivity contribution in [3.63, 3.8) is 0 Å². The van der Waals surface area contributed by atoms with Gasteiger partial charge in [-0.05, 0) is 18.9 Å². The van der Waals surface area contributed by atoms with Crippen molar-refractivity contribution in [2.24, 2.45) is 0 Å². The van der Waals surface area contributed by atoms with Crippen LogP contribution >= 0.6 is 0 Å².